The summed E-state index contributed by atoms with van der Waals surface area (Å²) in [4.78, 5) is 8.96. The predicted molar refractivity (Wildman–Crippen MR) is 79.1 cm³/mol. The molecule has 100 valence electrons. The summed E-state index contributed by atoms with van der Waals surface area (Å²) in [6.45, 7) is 10.1. The maximum atomic E-state index is 4.66. The van der Waals surface area contributed by atoms with E-state index in [0.717, 1.165) is 18.1 Å². The molecule has 0 saturated carbocycles. The zero-order valence-corrected chi connectivity index (χ0v) is 12.1. The summed E-state index contributed by atoms with van der Waals surface area (Å²) in [7, 11) is 0. The van der Waals surface area contributed by atoms with Gasteiger partial charge in [-0.15, -0.1) is 0 Å². The SMILES string of the molecule is CCNCc1nccc(-c2c(C)cc(C)cc2C)n1. The lowest BCUT2D eigenvalue weighted by atomic mass is 9.97. The molecule has 0 amide bonds. The van der Waals surface area contributed by atoms with E-state index >= 15 is 0 Å². The number of hydrogen-bond acceptors (Lipinski definition) is 3. The minimum Gasteiger partial charge on any atom is -0.310 e. The van der Waals surface area contributed by atoms with E-state index in [0.29, 0.717) is 6.54 Å². The van der Waals surface area contributed by atoms with Crippen LogP contribution >= 0.6 is 0 Å². The van der Waals surface area contributed by atoms with E-state index < -0.39 is 0 Å². The monoisotopic (exact) mass is 255 g/mol. The molecule has 0 unspecified atom stereocenters. The van der Waals surface area contributed by atoms with Crippen LogP contribution in [0, 0.1) is 20.8 Å². The van der Waals surface area contributed by atoms with Gasteiger partial charge in [-0.3, -0.25) is 0 Å². The van der Waals surface area contributed by atoms with Gasteiger partial charge in [-0.25, -0.2) is 9.97 Å². The van der Waals surface area contributed by atoms with Gasteiger partial charge in [-0.05, 0) is 44.5 Å². The first-order valence-electron chi connectivity index (χ1n) is 6.72. The third-order valence-corrected chi connectivity index (χ3v) is 3.17. The summed E-state index contributed by atoms with van der Waals surface area (Å²) in [5, 5.41) is 3.26. The molecule has 1 N–H and O–H groups in total. The Bertz CT molecular complexity index is 553. The third-order valence-electron chi connectivity index (χ3n) is 3.17. The molecular formula is C16H21N3. The zero-order chi connectivity index (χ0) is 13.8. The number of aromatic nitrogens is 2. The van der Waals surface area contributed by atoms with Crippen molar-refractivity contribution >= 4 is 0 Å². The lowest BCUT2D eigenvalue weighted by molar-refractivity contribution is 0.691. The van der Waals surface area contributed by atoms with Gasteiger partial charge in [0.25, 0.3) is 0 Å². The molecule has 3 heteroatoms. The topological polar surface area (TPSA) is 37.8 Å². The molecule has 0 radical (unpaired) electrons. The summed E-state index contributed by atoms with van der Waals surface area (Å²) in [6.07, 6.45) is 1.84. The van der Waals surface area contributed by atoms with E-state index in [2.05, 4.69) is 55.1 Å². The molecule has 0 atom stereocenters. The molecular weight excluding hydrogens is 234 g/mol. The molecule has 0 saturated heterocycles. The van der Waals surface area contributed by atoms with Crippen molar-refractivity contribution < 1.29 is 0 Å². The minimum absolute atomic E-state index is 0.717. The molecule has 0 bridgehead atoms. The van der Waals surface area contributed by atoms with Gasteiger partial charge in [0.2, 0.25) is 0 Å². The summed E-state index contributed by atoms with van der Waals surface area (Å²) in [6, 6.07) is 6.39. The van der Waals surface area contributed by atoms with Crippen molar-refractivity contribution in [3.8, 4) is 11.3 Å². The second-order valence-corrected chi connectivity index (χ2v) is 4.91. The van der Waals surface area contributed by atoms with Crippen molar-refractivity contribution in [1.29, 1.82) is 0 Å². The number of hydrogen-bond donors (Lipinski definition) is 1. The largest absolute Gasteiger partial charge is 0.310 e. The van der Waals surface area contributed by atoms with Crippen LogP contribution < -0.4 is 5.32 Å². The van der Waals surface area contributed by atoms with Crippen LogP contribution in [0.1, 0.15) is 29.4 Å². The highest BCUT2D eigenvalue weighted by molar-refractivity contribution is 5.67. The molecule has 3 nitrogen and oxygen atoms in total. The first-order chi connectivity index (χ1) is 9.11. The van der Waals surface area contributed by atoms with Crippen LogP contribution in [0.25, 0.3) is 11.3 Å². The standard InChI is InChI=1S/C16H21N3/c1-5-17-10-15-18-7-6-14(19-15)16-12(3)8-11(2)9-13(16)4/h6-9,17H,5,10H2,1-4H3. The van der Waals surface area contributed by atoms with Crippen molar-refractivity contribution in [3.63, 3.8) is 0 Å². The molecule has 0 aliphatic carbocycles. The summed E-state index contributed by atoms with van der Waals surface area (Å²) >= 11 is 0. The third kappa shape index (κ3) is 3.18. The number of nitrogens with zero attached hydrogens (tertiary/aromatic N) is 2. The molecule has 19 heavy (non-hydrogen) atoms. The maximum Gasteiger partial charge on any atom is 0.142 e. The van der Waals surface area contributed by atoms with Crippen LogP contribution in [0.4, 0.5) is 0 Å². The van der Waals surface area contributed by atoms with E-state index in [9.17, 15) is 0 Å². The van der Waals surface area contributed by atoms with Crippen molar-refractivity contribution in [2.45, 2.75) is 34.2 Å². The molecule has 0 spiro atoms. The van der Waals surface area contributed by atoms with E-state index in [1.165, 1.54) is 22.3 Å². The molecule has 1 aromatic carbocycles. The highest BCUT2D eigenvalue weighted by Gasteiger charge is 2.09. The van der Waals surface area contributed by atoms with Crippen LogP contribution in [0.15, 0.2) is 24.4 Å². The first kappa shape index (κ1) is 13.7. The smallest absolute Gasteiger partial charge is 0.142 e. The highest BCUT2D eigenvalue weighted by atomic mass is 15.0. The first-order valence-corrected chi connectivity index (χ1v) is 6.72. The predicted octanol–water partition coefficient (Wildman–Crippen LogP) is 3.18. The van der Waals surface area contributed by atoms with E-state index in [1.54, 1.807) is 0 Å². The van der Waals surface area contributed by atoms with Crippen LogP contribution in [0.5, 0.6) is 0 Å². The lowest BCUT2D eigenvalue weighted by Gasteiger charge is -2.11. The Hall–Kier alpha value is -1.74. The van der Waals surface area contributed by atoms with Gasteiger partial charge in [0, 0.05) is 11.8 Å². The number of benzene rings is 1. The lowest BCUT2D eigenvalue weighted by Crippen LogP contribution is -2.14. The van der Waals surface area contributed by atoms with E-state index in [1.807, 2.05) is 12.3 Å². The maximum absolute atomic E-state index is 4.66. The molecule has 1 heterocycles. The Balaban J connectivity index is 2.42. The Morgan fingerprint density at radius 1 is 1.11 bits per heavy atom. The van der Waals surface area contributed by atoms with E-state index in [-0.39, 0.29) is 0 Å². The number of aryl methyl sites for hydroxylation is 3. The fraction of sp³-hybridized carbons (Fsp3) is 0.375. The van der Waals surface area contributed by atoms with E-state index in [4.69, 9.17) is 0 Å². The Kier molecular flexibility index (Phi) is 4.27. The van der Waals surface area contributed by atoms with Crippen LogP contribution in [-0.2, 0) is 6.54 Å². The van der Waals surface area contributed by atoms with Crippen LogP contribution in [-0.4, -0.2) is 16.5 Å². The minimum atomic E-state index is 0.717. The second-order valence-electron chi connectivity index (χ2n) is 4.91. The fourth-order valence-electron chi connectivity index (χ4n) is 2.44. The number of rotatable bonds is 4. The van der Waals surface area contributed by atoms with Gasteiger partial charge < -0.3 is 5.32 Å². The summed E-state index contributed by atoms with van der Waals surface area (Å²) in [5.74, 6) is 0.846. The van der Waals surface area contributed by atoms with Gasteiger partial charge in [-0.1, -0.05) is 24.6 Å². The van der Waals surface area contributed by atoms with Crippen molar-refractivity contribution in [3.05, 3.63) is 46.9 Å². The quantitative estimate of drug-likeness (QED) is 0.911. The Labute approximate surface area is 115 Å². The Morgan fingerprint density at radius 3 is 2.42 bits per heavy atom. The van der Waals surface area contributed by atoms with Gasteiger partial charge in [0.1, 0.15) is 5.82 Å². The molecule has 0 aliphatic rings. The number of nitrogens with one attached hydrogen (secondary N) is 1. The molecule has 0 fully saturated rings. The summed E-state index contributed by atoms with van der Waals surface area (Å²) < 4.78 is 0. The zero-order valence-electron chi connectivity index (χ0n) is 12.1. The second kappa shape index (κ2) is 5.93. The highest BCUT2D eigenvalue weighted by Crippen LogP contribution is 2.26. The normalized spacial score (nSPS) is 10.7. The average molecular weight is 255 g/mol. The van der Waals surface area contributed by atoms with Crippen molar-refractivity contribution in [2.24, 2.45) is 0 Å². The van der Waals surface area contributed by atoms with Gasteiger partial charge in [-0.2, -0.15) is 0 Å². The van der Waals surface area contributed by atoms with Crippen molar-refractivity contribution in [1.82, 2.24) is 15.3 Å². The van der Waals surface area contributed by atoms with Crippen LogP contribution in [0.3, 0.4) is 0 Å². The molecule has 2 aromatic rings. The Morgan fingerprint density at radius 2 is 1.79 bits per heavy atom. The van der Waals surface area contributed by atoms with Gasteiger partial charge in [0.15, 0.2) is 0 Å². The summed E-state index contributed by atoms with van der Waals surface area (Å²) in [5.41, 5.74) is 6.07. The van der Waals surface area contributed by atoms with Gasteiger partial charge >= 0.3 is 0 Å². The molecule has 1 aromatic heterocycles. The van der Waals surface area contributed by atoms with Gasteiger partial charge in [0.05, 0.1) is 12.2 Å². The fourth-order valence-corrected chi connectivity index (χ4v) is 2.44. The van der Waals surface area contributed by atoms with Crippen LogP contribution in [0.2, 0.25) is 0 Å². The average Bonchev–Trinajstić information content (AvgIpc) is 2.35. The van der Waals surface area contributed by atoms with Crippen molar-refractivity contribution in [2.75, 3.05) is 6.54 Å². The molecule has 2 rings (SSSR count). The molecule has 0 aliphatic heterocycles.